The number of hydrogen-bond donors (Lipinski definition) is 1. The van der Waals surface area contributed by atoms with Crippen LogP contribution in [0, 0.1) is 5.82 Å². The monoisotopic (exact) mass is 353 g/mol. The third kappa shape index (κ3) is 3.92. The molecule has 2 rings (SSSR count). The van der Waals surface area contributed by atoms with E-state index in [1.54, 1.807) is 30.3 Å². The second-order valence-electron chi connectivity index (χ2n) is 3.97. The Morgan fingerprint density at radius 1 is 1.25 bits per heavy atom. The second kappa shape index (κ2) is 6.68. The summed E-state index contributed by atoms with van der Waals surface area (Å²) in [6.45, 7) is 0. The molecule has 0 bridgehead atoms. The number of benzene rings is 2. The van der Waals surface area contributed by atoms with Crippen molar-refractivity contribution < 1.29 is 9.18 Å². The van der Waals surface area contributed by atoms with Crippen LogP contribution in [-0.4, -0.2) is 5.91 Å². The highest BCUT2D eigenvalue weighted by molar-refractivity contribution is 9.10. The number of halogens is 3. The molecule has 0 radical (unpaired) electrons. The third-order valence-corrected chi connectivity index (χ3v) is 3.35. The summed E-state index contributed by atoms with van der Waals surface area (Å²) in [4.78, 5) is 11.7. The van der Waals surface area contributed by atoms with Gasteiger partial charge in [-0.15, -0.1) is 0 Å². The van der Waals surface area contributed by atoms with Crippen molar-refractivity contribution in [2.75, 3.05) is 5.32 Å². The smallest absolute Gasteiger partial charge is 0.248 e. The molecule has 0 atom stereocenters. The molecule has 5 heteroatoms. The van der Waals surface area contributed by atoms with Gasteiger partial charge in [-0.3, -0.25) is 4.79 Å². The predicted octanol–water partition coefficient (Wildman–Crippen LogP) is 4.89. The maximum atomic E-state index is 13.5. The van der Waals surface area contributed by atoms with Crippen LogP contribution in [0.4, 0.5) is 10.1 Å². The Kier molecular flexibility index (Phi) is 4.93. The first kappa shape index (κ1) is 14.8. The first-order chi connectivity index (χ1) is 9.56. The normalized spacial score (nSPS) is 10.8. The second-order valence-corrected chi connectivity index (χ2v) is 5.29. The van der Waals surface area contributed by atoms with Gasteiger partial charge < -0.3 is 5.32 Å². The molecule has 2 aromatic rings. The lowest BCUT2D eigenvalue weighted by atomic mass is 10.2. The molecular weight excluding hydrogens is 345 g/mol. The van der Waals surface area contributed by atoms with Crippen LogP contribution in [0.15, 0.2) is 53.0 Å². The van der Waals surface area contributed by atoms with E-state index in [0.717, 1.165) is 5.56 Å². The minimum Gasteiger partial charge on any atom is -0.320 e. The molecule has 0 aliphatic rings. The van der Waals surface area contributed by atoms with Crippen LogP contribution in [-0.2, 0) is 4.79 Å². The van der Waals surface area contributed by atoms with Crippen molar-refractivity contribution >= 4 is 45.2 Å². The summed E-state index contributed by atoms with van der Waals surface area (Å²) >= 11 is 9.11. The minimum atomic E-state index is -0.501. The molecule has 102 valence electrons. The molecule has 0 aliphatic carbocycles. The van der Waals surface area contributed by atoms with Gasteiger partial charge in [-0.05, 0) is 35.9 Å². The number of hydrogen-bond acceptors (Lipinski definition) is 1. The van der Waals surface area contributed by atoms with Gasteiger partial charge in [0.25, 0.3) is 0 Å². The zero-order valence-electron chi connectivity index (χ0n) is 10.2. The molecule has 2 aromatic carbocycles. The average molecular weight is 355 g/mol. The molecular formula is C15H10BrClFNO. The lowest BCUT2D eigenvalue weighted by Gasteiger charge is -2.04. The van der Waals surface area contributed by atoms with Crippen LogP contribution in [0.3, 0.4) is 0 Å². The van der Waals surface area contributed by atoms with E-state index in [9.17, 15) is 9.18 Å². The quantitative estimate of drug-likeness (QED) is 0.781. The summed E-state index contributed by atoms with van der Waals surface area (Å²) in [7, 11) is 0. The van der Waals surface area contributed by atoms with E-state index in [1.165, 1.54) is 18.2 Å². The van der Waals surface area contributed by atoms with Crippen LogP contribution in [0.2, 0.25) is 5.02 Å². The largest absolute Gasteiger partial charge is 0.320 e. The van der Waals surface area contributed by atoms with Crippen molar-refractivity contribution in [3.05, 3.63) is 69.4 Å². The number of amides is 1. The number of carbonyl (C=O) groups excluding carboxylic acids is 1. The maximum absolute atomic E-state index is 13.5. The van der Waals surface area contributed by atoms with Gasteiger partial charge in [0.1, 0.15) is 5.82 Å². The van der Waals surface area contributed by atoms with E-state index in [-0.39, 0.29) is 5.69 Å². The highest BCUT2D eigenvalue weighted by Gasteiger charge is 2.05. The van der Waals surface area contributed by atoms with E-state index in [2.05, 4.69) is 21.2 Å². The van der Waals surface area contributed by atoms with Crippen LogP contribution < -0.4 is 5.32 Å². The topological polar surface area (TPSA) is 29.1 Å². The van der Waals surface area contributed by atoms with Crippen molar-refractivity contribution in [3.63, 3.8) is 0 Å². The summed E-state index contributed by atoms with van der Waals surface area (Å²) in [6, 6.07) is 11.6. The lowest BCUT2D eigenvalue weighted by molar-refractivity contribution is -0.111. The molecule has 0 unspecified atom stereocenters. The standard InChI is InChI=1S/C15H10BrClFNO/c16-11-6-7-14(13(18)9-11)19-15(20)8-5-10-3-1-2-4-12(10)17/h1-9H,(H,19,20)/b8-5+. The van der Waals surface area contributed by atoms with E-state index < -0.39 is 11.7 Å². The Bertz CT molecular complexity index is 673. The summed E-state index contributed by atoms with van der Waals surface area (Å²) in [5.41, 5.74) is 0.850. The zero-order chi connectivity index (χ0) is 14.5. The molecule has 0 saturated heterocycles. The van der Waals surface area contributed by atoms with E-state index in [0.29, 0.717) is 9.50 Å². The van der Waals surface area contributed by atoms with Crippen LogP contribution in [0.25, 0.3) is 6.08 Å². The molecule has 0 saturated carbocycles. The van der Waals surface area contributed by atoms with Gasteiger partial charge >= 0.3 is 0 Å². The number of anilines is 1. The van der Waals surface area contributed by atoms with Gasteiger partial charge in [0.2, 0.25) is 5.91 Å². The predicted molar refractivity (Wildman–Crippen MR) is 83.2 cm³/mol. The highest BCUT2D eigenvalue weighted by Crippen LogP contribution is 2.20. The SMILES string of the molecule is O=C(/C=C/c1ccccc1Cl)Nc1ccc(Br)cc1F. The highest BCUT2D eigenvalue weighted by atomic mass is 79.9. The minimum absolute atomic E-state index is 0.127. The first-order valence-corrected chi connectivity index (χ1v) is 6.92. The molecule has 0 aliphatic heterocycles. The molecule has 2 nitrogen and oxygen atoms in total. The Morgan fingerprint density at radius 2 is 2.00 bits per heavy atom. The summed E-state index contributed by atoms with van der Waals surface area (Å²) in [6.07, 6.45) is 2.89. The van der Waals surface area contributed by atoms with E-state index in [1.807, 2.05) is 6.07 Å². The Hall–Kier alpha value is -1.65. The van der Waals surface area contributed by atoms with Crippen molar-refractivity contribution in [1.29, 1.82) is 0 Å². The Morgan fingerprint density at radius 3 is 2.70 bits per heavy atom. The molecule has 0 aromatic heterocycles. The van der Waals surface area contributed by atoms with Crippen molar-refractivity contribution in [3.8, 4) is 0 Å². The van der Waals surface area contributed by atoms with Crippen molar-refractivity contribution in [1.82, 2.24) is 0 Å². The van der Waals surface area contributed by atoms with Gasteiger partial charge in [0.05, 0.1) is 5.69 Å². The fourth-order valence-electron chi connectivity index (χ4n) is 1.54. The summed E-state index contributed by atoms with van der Waals surface area (Å²) < 4.78 is 14.2. The molecule has 1 amide bonds. The van der Waals surface area contributed by atoms with Gasteiger partial charge in [-0.2, -0.15) is 0 Å². The van der Waals surface area contributed by atoms with Crippen molar-refractivity contribution in [2.45, 2.75) is 0 Å². The number of rotatable bonds is 3. The number of carbonyl (C=O) groups is 1. The van der Waals surface area contributed by atoms with E-state index >= 15 is 0 Å². The average Bonchev–Trinajstić information content (AvgIpc) is 2.41. The first-order valence-electron chi connectivity index (χ1n) is 5.75. The lowest BCUT2D eigenvalue weighted by Crippen LogP contribution is -2.09. The van der Waals surface area contributed by atoms with Crippen LogP contribution in [0.5, 0.6) is 0 Å². The van der Waals surface area contributed by atoms with Gasteiger partial charge in [-0.1, -0.05) is 45.7 Å². The van der Waals surface area contributed by atoms with Gasteiger partial charge in [-0.25, -0.2) is 4.39 Å². The molecule has 0 fully saturated rings. The Balaban J connectivity index is 2.08. The maximum Gasteiger partial charge on any atom is 0.248 e. The van der Waals surface area contributed by atoms with Crippen LogP contribution in [0.1, 0.15) is 5.56 Å². The van der Waals surface area contributed by atoms with E-state index in [4.69, 9.17) is 11.6 Å². The molecule has 20 heavy (non-hydrogen) atoms. The fraction of sp³-hybridized carbons (Fsp3) is 0. The van der Waals surface area contributed by atoms with Gasteiger partial charge in [0.15, 0.2) is 0 Å². The number of nitrogens with one attached hydrogen (secondary N) is 1. The zero-order valence-corrected chi connectivity index (χ0v) is 12.6. The third-order valence-electron chi connectivity index (χ3n) is 2.51. The van der Waals surface area contributed by atoms with Crippen molar-refractivity contribution in [2.24, 2.45) is 0 Å². The molecule has 0 heterocycles. The molecule has 1 N–H and O–H groups in total. The summed E-state index contributed by atoms with van der Waals surface area (Å²) in [5.74, 6) is -0.926. The molecule has 0 spiro atoms. The summed E-state index contributed by atoms with van der Waals surface area (Å²) in [5, 5.41) is 3.01. The Labute approximate surface area is 129 Å². The van der Waals surface area contributed by atoms with Crippen LogP contribution >= 0.6 is 27.5 Å². The fourth-order valence-corrected chi connectivity index (χ4v) is 2.07. The van der Waals surface area contributed by atoms with Gasteiger partial charge in [0, 0.05) is 15.6 Å².